The first-order valence-corrected chi connectivity index (χ1v) is 11.3. The van der Waals surface area contributed by atoms with Crippen LogP contribution in [0.1, 0.15) is 27.3 Å². The van der Waals surface area contributed by atoms with E-state index < -0.39 is 67.7 Å². The summed E-state index contributed by atoms with van der Waals surface area (Å²) in [5.74, 6) is -5.09. The number of amides is 2. The first-order chi connectivity index (χ1) is 18.3. The summed E-state index contributed by atoms with van der Waals surface area (Å²) >= 11 is 0. The second kappa shape index (κ2) is 10.5. The van der Waals surface area contributed by atoms with E-state index in [1.54, 1.807) is 13.0 Å². The first kappa shape index (κ1) is 27.7. The number of aromatic nitrogens is 2. The Hall–Kier alpha value is -4.30. The number of nitrogens with zero attached hydrogens (tertiary/aromatic N) is 3. The molecule has 2 amide bonds. The van der Waals surface area contributed by atoms with Crippen molar-refractivity contribution in [1.82, 2.24) is 19.6 Å². The molecule has 1 saturated heterocycles. The van der Waals surface area contributed by atoms with Crippen LogP contribution in [-0.2, 0) is 16.1 Å². The van der Waals surface area contributed by atoms with Crippen LogP contribution in [0.15, 0.2) is 30.5 Å². The van der Waals surface area contributed by atoms with Crippen LogP contribution in [0.3, 0.4) is 0 Å². The van der Waals surface area contributed by atoms with Crippen molar-refractivity contribution < 1.29 is 50.2 Å². The Morgan fingerprint density at radius 1 is 1.13 bits per heavy atom. The molecular weight excluding hydrogens is 538 g/mol. The number of halogens is 6. The van der Waals surface area contributed by atoms with Crippen LogP contribution in [0.25, 0.3) is 5.65 Å². The second-order valence-corrected chi connectivity index (χ2v) is 8.76. The molecule has 2 atom stereocenters. The minimum atomic E-state index is -5.41. The lowest BCUT2D eigenvalue weighted by molar-refractivity contribution is -0.193. The van der Waals surface area contributed by atoms with Crippen molar-refractivity contribution in [2.24, 2.45) is 0 Å². The molecule has 0 spiro atoms. The van der Waals surface area contributed by atoms with Crippen molar-refractivity contribution in [3.63, 3.8) is 0 Å². The molecule has 39 heavy (non-hydrogen) atoms. The lowest BCUT2D eigenvalue weighted by Gasteiger charge is -2.16. The van der Waals surface area contributed by atoms with Crippen LogP contribution in [0.5, 0.6) is 5.75 Å². The lowest BCUT2D eigenvalue weighted by Crippen LogP contribution is -2.42. The Morgan fingerprint density at radius 3 is 2.44 bits per heavy atom. The molecule has 1 aromatic carbocycles. The summed E-state index contributed by atoms with van der Waals surface area (Å²) in [4.78, 5) is 40.7. The summed E-state index contributed by atoms with van der Waals surface area (Å²) in [5, 5.41) is 2.37. The summed E-state index contributed by atoms with van der Waals surface area (Å²) in [7, 11) is 0. The van der Waals surface area contributed by atoms with Crippen LogP contribution in [0.2, 0.25) is 0 Å². The highest BCUT2D eigenvalue weighted by atomic mass is 19.4. The summed E-state index contributed by atoms with van der Waals surface area (Å²) < 4.78 is 90.3. The third kappa shape index (κ3) is 5.76. The fourth-order valence-corrected chi connectivity index (χ4v) is 4.05. The van der Waals surface area contributed by atoms with E-state index in [0.29, 0.717) is 10.5 Å². The van der Waals surface area contributed by atoms with E-state index in [2.05, 4.69) is 15.0 Å². The van der Waals surface area contributed by atoms with E-state index >= 15 is 0 Å². The Bertz CT molecular complexity index is 1440. The summed E-state index contributed by atoms with van der Waals surface area (Å²) in [5.41, 5.74) is 0.523. The maximum Gasteiger partial charge on any atom is 0.491 e. The lowest BCUT2D eigenvalue weighted by atomic mass is 10.2. The first-order valence-electron chi connectivity index (χ1n) is 11.3. The van der Waals surface area contributed by atoms with Gasteiger partial charge in [-0.25, -0.2) is 27.7 Å². The van der Waals surface area contributed by atoms with Crippen LogP contribution in [0, 0.1) is 25.5 Å². The van der Waals surface area contributed by atoms with Gasteiger partial charge in [0.15, 0.2) is 11.4 Å². The SMILES string of the molecule is Cc1cc(OCc2c(F)cccc2F)c2nc(C)c(C(=O)NC3CN(C(=O)OC(=O)C(F)(F)F)CC3F)n2c1. The number of carbonyl (C=O) groups is 3. The van der Waals surface area contributed by atoms with E-state index in [4.69, 9.17) is 4.74 Å². The molecule has 2 aromatic heterocycles. The van der Waals surface area contributed by atoms with Crippen molar-refractivity contribution in [3.8, 4) is 5.75 Å². The molecule has 1 aliphatic rings. The van der Waals surface area contributed by atoms with Crippen LogP contribution in [0.4, 0.5) is 31.1 Å². The van der Waals surface area contributed by atoms with Gasteiger partial charge in [0.05, 0.1) is 23.8 Å². The fraction of sp³-hybridized carbons (Fsp3) is 0.333. The molecule has 3 aromatic rings. The highest BCUT2D eigenvalue weighted by Crippen LogP contribution is 2.27. The molecule has 9 nitrogen and oxygen atoms in total. The second-order valence-electron chi connectivity index (χ2n) is 8.76. The maximum absolute atomic E-state index is 14.6. The van der Waals surface area contributed by atoms with Gasteiger partial charge >= 0.3 is 18.2 Å². The Balaban J connectivity index is 1.52. The number of ether oxygens (including phenoxy) is 2. The molecule has 4 rings (SSSR count). The molecule has 1 fully saturated rings. The van der Waals surface area contributed by atoms with Gasteiger partial charge in [-0.1, -0.05) is 6.07 Å². The quantitative estimate of drug-likeness (QED) is 0.291. The van der Waals surface area contributed by atoms with Gasteiger partial charge in [0, 0.05) is 12.7 Å². The zero-order valence-corrected chi connectivity index (χ0v) is 20.3. The molecule has 0 saturated carbocycles. The number of rotatable bonds is 5. The minimum absolute atomic E-state index is 0.0453. The van der Waals surface area contributed by atoms with Gasteiger partial charge in [0.25, 0.3) is 5.91 Å². The van der Waals surface area contributed by atoms with Gasteiger partial charge in [-0.15, -0.1) is 0 Å². The molecule has 3 heterocycles. The third-order valence-corrected chi connectivity index (χ3v) is 5.88. The summed E-state index contributed by atoms with van der Waals surface area (Å²) in [6, 6.07) is 3.57. The molecule has 1 aliphatic heterocycles. The fourth-order valence-electron chi connectivity index (χ4n) is 4.05. The van der Waals surface area contributed by atoms with Crippen molar-refractivity contribution in [2.45, 2.75) is 38.8 Å². The minimum Gasteiger partial charge on any atom is -0.485 e. The summed E-state index contributed by atoms with van der Waals surface area (Å²) in [6.07, 6.45) is -7.47. The van der Waals surface area contributed by atoms with Gasteiger partial charge in [-0.3, -0.25) is 9.20 Å². The number of alkyl halides is 4. The number of hydrogen-bond donors (Lipinski definition) is 1. The van der Waals surface area contributed by atoms with E-state index in [9.17, 15) is 40.7 Å². The predicted molar refractivity (Wildman–Crippen MR) is 121 cm³/mol. The van der Waals surface area contributed by atoms with E-state index in [0.717, 1.165) is 12.1 Å². The topological polar surface area (TPSA) is 102 Å². The van der Waals surface area contributed by atoms with Crippen LogP contribution >= 0.6 is 0 Å². The predicted octanol–water partition coefficient (Wildman–Crippen LogP) is 3.79. The van der Waals surface area contributed by atoms with Crippen LogP contribution < -0.4 is 10.1 Å². The number of hydrogen-bond acceptors (Lipinski definition) is 6. The molecular formula is C24H20F6N4O5. The Morgan fingerprint density at radius 2 is 1.79 bits per heavy atom. The number of fused-ring (bicyclic) bond motifs is 1. The molecule has 0 bridgehead atoms. The largest absolute Gasteiger partial charge is 0.491 e. The Kier molecular flexibility index (Phi) is 7.44. The molecule has 15 heteroatoms. The molecule has 1 N–H and O–H groups in total. The van der Waals surface area contributed by atoms with Gasteiger partial charge < -0.3 is 19.7 Å². The summed E-state index contributed by atoms with van der Waals surface area (Å²) in [6.45, 7) is 1.39. The number of imidazole rings is 1. The van der Waals surface area contributed by atoms with E-state index in [-0.39, 0.29) is 28.3 Å². The molecule has 2 unspecified atom stereocenters. The van der Waals surface area contributed by atoms with Gasteiger partial charge in [-0.05, 0) is 37.6 Å². The molecule has 0 radical (unpaired) electrons. The third-order valence-electron chi connectivity index (χ3n) is 5.88. The van der Waals surface area contributed by atoms with Gasteiger partial charge in [0.1, 0.15) is 30.1 Å². The maximum atomic E-state index is 14.6. The number of carbonyl (C=O) groups excluding carboxylic acids is 3. The molecule has 0 aliphatic carbocycles. The number of benzene rings is 1. The normalized spacial score (nSPS) is 17.4. The number of esters is 1. The van der Waals surface area contributed by atoms with Crippen molar-refractivity contribution in [3.05, 3.63) is 64.6 Å². The zero-order chi connectivity index (χ0) is 28.6. The number of nitrogens with one attached hydrogen (secondary N) is 1. The van der Waals surface area contributed by atoms with E-state index in [1.165, 1.54) is 23.6 Å². The van der Waals surface area contributed by atoms with Crippen molar-refractivity contribution in [2.75, 3.05) is 13.1 Å². The average molecular weight is 558 g/mol. The van der Waals surface area contributed by atoms with Gasteiger partial charge in [0.2, 0.25) is 0 Å². The Labute approximate surface area is 216 Å². The zero-order valence-electron chi connectivity index (χ0n) is 20.3. The smallest absolute Gasteiger partial charge is 0.485 e. The number of aryl methyl sites for hydroxylation is 2. The van der Waals surface area contributed by atoms with Crippen molar-refractivity contribution in [1.29, 1.82) is 0 Å². The van der Waals surface area contributed by atoms with Gasteiger partial charge in [-0.2, -0.15) is 13.2 Å². The highest BCUT2D eigenvalue weighted by molar-refractivity contribution is 5.95. The van der Waals surface area contributed by atoms with Crippen molar-refractivity contribution >= 4 is 23.6 Å². The standard InChI is InChI=1S/C24H20F6N4O5/c1-11-6-18(38-10-13-14(25)4-3-5-15(13)26)20-31-12(2)19(34(20)7-11)21(35)32-17-9-33(8-16(17)27)23(37)39-22(36)24(28,29)30/h3-7,16-17H,8-10H2,1-2H3,(H,32,35). The number of pyridine rings is 1. The van der Waals surface area contributed by atoms with E-state index in [1.807, 2.05) is 0 Å². The highest BCUT2D eigenvalue weighted by Gasteiger charge is 2.45. The average Bonchev–Trinajstić information content (AvgIpc) is 3.36. The number of likely N-dealkylation sites (tertiary alicyclic amines) is 1. The van der Waals surface area contributed by atoms with Crippen LogP contribution in [-0.4, -0.2) is 63.7 Å². The monoisotopic (exact) mass is 558 g/mol. The molecule has 208 valence electrons.